The van der Waals surface area contributed by atoms with E-state index < -0.39 is 0 Å². The van der Waals surface area contributed by atoms with E-state index in [1.165, 1.54) is 0 Å². The minimum absolute atomic E-state index is 0.00333. The predicted octanol–water partition coefficient (Wildman–Crippen LogP) is 1.69. The second-order valence-electron chi connectivity index (χ2n) is 3.75. The van der Waals surface area contributed by atoms with Crippen LogP contribution in [0.3, 0.4) is 0 Å². The van der Waals surface area contributed by atoms with E-state index in [1.54, 1.807) is 35.0 Å². The summed E-state index contributed by atoms with van der Waals surface area (Å²) in [6.45, 7) is 0.709. The molecule has 18 heavy (non-hydrogen) atoms. The molecule has 0 bridgehead atoms. The van der Waals surface area contributed by atoms with Gasteiger partial charge in [-0.2, -0.15) is 5.10 Å². The summed E-state index contributed by atoms with van der Waals surface area (Å²) in [4.78, 5) is 0. The van der Waals surface area contributed by atoms with Crippen molar-refractivity contribution in [2.45, 2.75) is 13.2 Å². The Morgan fingerprint density at radius 1 is 1.33 bits per heavy atom. The van der Waals surface area contributed by atoms with E-state index in [0.29, 0.717) is 24.0 Å². The number of nitrogens with two attached hydrogens (primary N) is 1. The van der Waals surface area contributed by atoms with Gasteiger partial charge >= 0.3 is 0 Å². The number of nitrogens with zero attached hydrogens (tertiary/aromatic N) is 2. The average Bonchev–Trinajstić information content (AvgIpc) is 2.70. The van der Waals surface area contributed by atoms with Crippen molar-refractivity contribution in [1.29, 1.82) is 0 Å². The fourth-order valence-corrected chi connectivity index (χ4v) is 1.65. The summed E-state index contributed by atoms with van der Waals surface area (Å²) < 4.78 is 7.08. The second kappa shape index (κ2) is 5.75. The smallest absolute Gasteiger partial charge is 0.132 e. The molecule has 3 N–H and O–H groups in total. The van der Waals surface area contributed by atoms with Crippen LogP contribution in [-0.4, -0.2) is 21.5 Å². The highest BCUT2D eigenvalue weighted by Crippen LogP contribution is 2.17. The van der Waals surface area contributed by atoms with Gasteiger partial charge in [-0.05, 0) is 24.3 Å². The monoisotopic (exact) mass is 267 g/mol. The molecule has 0 aliphatic heterocycles. The van der Waals surface area contributed by atoms with Crippen molar-refractivity contribution in [2.24, 2.45) is 0 Å². The molecular formula is C12H14ClN3O2. The summed E-state index contributed by atoms with van der Waals surface area (Å²) in [7, 11) is 0. The van der Waals surface area contributed by atoms with Gasteiger partial charge in [-0.25, -0.2) is 4.68 Å². The second-order valence-corrected chi connectivity index (χ2v) is 4.19. The third-order valence-electron chi connectivity index (χ3n) is 2.37. The van der Waals surface area contributed by atoms with Crippen molar-refractivity contribution in [1.82, 2.24) is 9.78 Å². The zero-order valence-corrected chi connectivity index (χ0v) is 10.5. The van der Waals surface area contributed by atoms with Crippen molar-refractivity contribution in [3.8, 4) is 5.75 Å². The molecule has 1 aromatic carbocycles. The lowest BCUT2D eigenvalue weighted by Crippen LogP contribution is -2.08. The number of hydrogen-bond donors (Lipinski definition) is 2. The first-order chi connectivity index (χ1) is 8.69. The Balaban J connectivity index is 1.97. The van der Waals surface area contributed by atoms with Crippen LogP contribution in [0.15, 0.2) is 30.3 Å². The lowest BCUT2D eigenvalue weighted by molar-refractivity contribution is 0.267. The maximum atomic E-state index is 8.83. The van der Waals surface area contributed by atoms with Crippen molar-refractivity contribution in [3.05, 3.63) is 41.0 Å². The first kappa shape index (κ1) is 12.7. The molecule has 0 amide bonds. The van der Waals surface area contributed by atoms with Gasteiger partial charge < -0.3 is 15.6 Å². The molecule has 0 radical (unpaired) electrons. The van der Waals surface area contributed by atoms with Crippen LogP contribution in [0.2, 0.25) is 5.02 Å². The van der Waals surface area contributed by atoms with Gasteiger partial charge in [-0.1, -0.05) is 11.6 Å². The summed E-state index contributed by atoms with van der Waals surface area (Å²) >= 11 is 5.78. The van der Waals surface area contributed by atoms with E-state index in [0.717, 1.165) is 11.4 Å². The van der Waals surface area contributed by atoms with Gasteiger partial charge in [0.05, 0.1) is 13.2 Å². The molecule has 0 atom stereocenters. The lowest BCUT2D eigenvalue weighted by atomic mass is 10.3. The molecular weight excluding hydrogens is 254 g/mol. The maximum Gasteiger partial charge on any atom is 0.132 e. The summed E-state index contributed by atoms with van der Waals surface area (Å²) in [5.41, 5.74) is 6.45. The molecule has 0 spiro atoms. The largest absolute Gasteiger partial charge is 0.487 e. The number of aromatic nitrogens is 2. The molecule has 0 unspecified atom stereocenters. The first-order valence-electron chi connectivity index (χ1n) is 5.50. The maximum absolute atomic E-state index is 8.83. The lowest BCUT2D eigenvalue weighted by Gasteiger charge is -2.03. The highest BCUT2D eigenvalue weighted by Gasteiger charge is 2.05. The van der Waals surface area contributed by atoms with Crippen LogP contribution < -0.4 is 10.5 Å². The number of rotatable bonds is 5. The Bertz CT molecular complexity index is 511. The minimum atomic E-state index is 0.00333. The third kappa shape index (κ3) is 3.15. The van der Waals surface area contributed by atoms with Gasteiger partial charge in [-0.15, -0.1) is 0 Å². The molecule has 2 rings (SSSR count). The molecule has 6 heteroatoms. The van der Waals surface area contributed by atoms with Gasteiger partial charge in [0.15, 0.2) is 0 Å². The summed E-state index contributed by atoms with van der Waals surface area (Å²) in [5.74, 6) is 1.23. The molecule has 0 saturated carbocycles. The molecule has 1 heterocycles. The SMILES string of the molecule is Nc1cc(COc2ccc(Cl)cc2)nn1CCO. The highest BCUT2D eigenvalue weighted by atomic mass is 35.5. The van der Waals surface area contributed by atoms with Crippen molar-refractivity contribution in [2.75, 3.05) is 12.3 Å². The number of ether oxygens (including phenoxy) is 1. The van der Waals surface area contributed by atoms with E-state index in [4.69, 9.17) is 27.2 Å². The number of hydrogen-bond acceptors (Lipinski definition) is 4. The van der Waals surface area contributed by atoms with Crippen LogP contribution in [0.4, 0.5) is 5.82 Å². The topological polar surface area (TPSA) is 73.3 Å². The summed E-state index contributed by atoms with van der Waals surface area (Å²) in [6.07, 6.45) is 0. The Morgan fingerprint density at radius 3 is 2.72 bits per heavy atom. The van der Waals surface area contributed by atoms with E-state index in [2.05, 4.69) is 5.10 Å². The van der Waals surface area contributed by atoms with E-state index >= 15 is 0 Å². The van der Waals surface area contributed by atoms with Crippen LogP contribution in [0.1, 0.15) is 5.69 Å². The van der Waals surface area contributed by atoms with Crippen molar-refractivity contribution < 1.29 is 9.84 Å². The first-order valence-corrected chi connectivity index (χ1v) is 5.88. The minimum Gasteiger partial charge on any atom is -0.487 e. The normalized spacial score (nSPS) is 10.6. The van der Waals surface area contributed by atoms with Crippen LogP contribution in [0.5, 0.6) is 5.75 Å². The number of aliphatic hydroxyl groups excluding tert-OH is 1. The van der Waals surface area contributed by atoms with E-state index in [1.807, 2.05) is 0 Å². The van der Waals surface area contributed by atoms with Gasteiger partial charge in [0.2, 0.25) is 0 Å². The summed E-state index contributed by atoms with van der Waals surface area (Å²) in [5, 5.41) is 13.7. The van der Waals surface area contributed by atoms with Crippen molar-refractivity contribution in [3.63, 3.8) is 0 Å². The fourth-order valence-electron chi connectivity index (χ4n) is 1.52. The zero-order valence-electron chi connectivity index (χ0n) is 9.71. The van der Waals surface area contributed by atoms with Crippen LogP contribution in [-0.2, 0) is 13.2 Å². The number of nitrogen functional groups attached to an aromatic ring is 1. The van der Waals surface area contributed by atoms with Gasteiger partial charge in [0.25, 0.3) is 0 Å². The molecule has 2 aromatic rings. The highest BCUT2D eigenvalue weighted by molar-refractivity contribution is 6.30. The number of halogens is 1. The van der Waals surface area contributed by atoms with Crippen molar-refractivity contribution >= 4 is 17.4 Å². The third-order valence-corrected chi connectivity index (χ3v) is 2.63. The molecule has 0 fully saturated rings. The van der Waals surface area contributed by atoms with Gasteiger partial charge in [0, 0.05) is 11.1 Å². The quantitative estimate of drug-likeness (QED) is 0.865. The number of aliphatic hydroxyl groups is 1. The van der Waals surface area contributed by atoms with Crippen LogP contribution in [0.25, 0.3) is 0 Å². The zero-order chi connectivity index (χ0) is 13.0. The Hall–Kier alpha value is -1.72. The molecule has 0 aliphatic carbocycles. The molecule has 96 valence electrons. The van der Waals surface area contributed by atoms with Crippen LogP contribution in [0, 0.1) is 0 Å². The molecule has 5 nitrogen and oxygen atoms in total. The van der Waals surface area contributed by atoms with E-state index in [-0.39, 0.29) is 6.61 Å². The molecule has 0 saturated heterocycles. The Kier molecular flexibility index (Phi) is 4.07. The Morgan fingerprint density at radius 2 is 2.06 bits per heavy atom. The average molecular weight is 268 g/mol. The molecule has 1 aromatic heterocycles. The standard InChI is InChI=1S/C12H14ClN3O2/c13-9-1-3-11(4-2-9)18-8-10-7-12(14)16(15-10)5-6-17/h1-4,7,17H,5-6,8,14H2. The Labute approximate surface area is 110 Å². The van der Waals surface area contributed by atoms with Gasteiger partial charge in [-0.3, -0.25) is 0 Å². The number of anilines is 1. The predicted molar refractivity (Wildman–Crippen MR) is 69.5 cm³/mol. The van der Waals surface area contributed by atoms with E-state index in [9.17, 15) is 0 Å². The van der Waals surface area contributed by atoms with Crippen LogP contribution >= 0.6 is 11.6 Å². The molecule has 0 aliphatic rings. The fraction of sp³-hybridized carbons (Fsp3) is 0.250. The summed E-state index contributed by atoms with van der Waals surface area (Å²) in [6, 6.07) is 8.82. The van der Waals surface area contributed by atoms with Gasteiger partial charge in [0.1, 0.15) is 23.9 Å². The number of benzene rings is 1.